The fraction of sp³-hybridized carbons (Fsp3) is 0. The van der Waals surface area contributed by atoms with Crippen LogP contribution in [0.2, 0.25) is 0 Å². The number of pyridine rings is 1. The van der Waals surface area contributed by atoms with Crippen molar-refractivity contribution in [3.63, 3.8) is 0 Å². The topological polar surface area (TPSA) is 94.5 Å². The van der Waals surface area contributed by atoms with E-state index in [1.54, 1.807) is 30.7 Å². The first kappa shape index (κ1) is 13.2. The third-order valence-corrected chi connectivity index (χ3v) is 3.11. The summed E-state index contributed by atoms with van der Waals surface area (Å²) < 4.78 is 32.2. The molecule has 0 spiro atoms. The van der Waals surface area contributed by atoms with Crippen LogP contribution in [-0.2, 0) is 10.1 Å². The summed E-state index contributed by atoms with van der Waals surface area (Å²) in [5.74, 6) is 0. The number of aromatic nitrogens is 1. The molecular weight excluding hydrogens is 266 g/mol. The van der Waals surface area contributed by atoms with Gasteiger partial charge in [-0.3, -0.25) is 10.4 Å². The summed E-state index contributed by atoms with van der Waals surface area (Å²) in [5, 5.41) is 3.97. The molecule has 1 aromatic carbocycles. The van der Waals surface area contributed by atoms with Gasteiger partial charge in [-0.2, -0.15) is 5.10 Å². The summed E-state index contributed by atoms with van der Waals surface area (Å²) in [5.41, 5.74) is 4.18. The number of rotatable bonds is 4. The van der Waals surface area contributed by atoms with Crippen molar-refractivity contribution in [2.24, 2.45) is 5.10 Å². The van der Waals surface area contributed by atoms with Gasteiger partial charge < -0.3 is 4.55 Å². The highest BCUT2D eigenvalue weighted by Gasteiger charge is 1.99. The van der Waals surface area contributed by atoms with Crippen LogP contribution >= 0.6 is 0 Å². The van der Waals surface area contributed by atoms with Crippen LogP contribution in [0, 0.1) is 0 Å². The van der Waals surface area contributed by atoms with E-state index in [2.05, 4.69) is 15.5 Å². The quantitative estimate of drug-likeness (QED) is 0.518. The molecule has 2 aromatic rings. The molecule has 1 aromatic heterocycles. The van der Waals surface area contributed by atoms with Gasteiger partial charge in [0.25, 0.3) is 0 Å². The van der Waals surface area contributed by atoms with Gasteiger partial charge in [0.05, 0.1) is 16.8 Å². The standard InChI is InChI=1S/C12H11N3O3S/c16-19(17,18)12-3-1-11(2-4-12)15-14-9-10-5-7-13-8-6-10/h1-9,15H,(H,16,17,18)/p-1. The molecule has 0 radical (unpaired) electrons. The Morgan fingerprint density at radius 2 is 1.74 bits per heavy atom. The average Bonchev–Trinajstić information content (AvgIpc) is 2.39. The molecule has 0 aliphatic heterocycles. The van der Waals surface area contributed by atoms with Crippen LogP contribution in [0.15, 0.2) is 58.8 Å². The SMILES string of the molecule is O=S(=O)([O-])c1ccc(NN=Cc2ccncc2)cc1. The van der Waals surface area contributed by atoms with E-state index in [-0.39, 0.29) is 4.90 Å². The molecular formula is C12H10N3O3S-. The largest absolute Gasteiger partial charge is 0.744 e. The van der Waals surface area contributed by atoms with E-state index in [9.17, 15) is 13.0 Å². The summed E-state index contributed by atoms with van der Waals surface area (Å²) in [6, 6.07) is 8.97. The van der Waals surface area contributed by atoms with Crippen molar-refractivity contribution in [2.45, 2.75) is 4.90 Å². The van der Waals surface area contributed by atoms with E-state index >= 15 is 0 Å². The second-order valence-corrected chi connectivity index (χ2v) is 5.01. The van der Waals surface area contributed by atoms with E-state index in [1.807, 2.05) is 0 Å². The number of hydrogen-bond acceptors (Lipinski definition) is 6. The highest BCUT2D eigenvalue weighted by atomic mass is 32.2. The highest BCUT2D eigenvalue weighted by Crippen LogP contribution is 2.13. The zero-order valence-electron chi connectivity index (χ0n) is 9.72. The summed E-state index contributed by atoms with van der Waals surface area (Å²) >= 11 is 0. The van der Waals surface area contributed by atoms with Gasteiger partial charge in [-0.25, -0.2) is 8.42 Å². The normalized spacial score (nSPS) is 11.6. The first-order chi connectivity index (χ1) is 9.05. The Hall–Kier alpha value is -2.25. The minimum Gasteiger partial charge on any atom is -0.744 e. The Labute approximate surface area is 110 Å². The van der Waals surface area contributed by atoms with Crippen molar-refractivity contribution in [2.75, 3.05) is 5.43 Å². The van der Waals surface area contributed by atoms with Gasteiger partial charge in [-0.05, 0) is 42.0 Å². The molecule has 19 heavy (non-hydrogen) atoms. The van der Waals surface area contributed by atoms with Crippen molar-refractivity contribution in [1.82, 2.24) is 4.98 Å². The molecule has 1 N–H and O–H groups in total. The Bertz CT molecular complexity index is 667. The molecule has 7 heteroatoms. The van der Waals surface area contributed by atoms with Gasteiger partial charge >= 0.3 is 0 Å². The van der Waals surface area contributed by atoms with Crippen LogP contribution in [-0.4, -0.2) is 24.2 Å². The van der Waals surface area contributed by atoms with Crippen LogP contribution in [0.3, 0.4) is 0 Å². The number of hydrogen-bond donors (Lipinski definition) is 1. The van der Waals surface area contributed by atoms with Crippen molar-refractivity contribution in [3.8, 4) is 0 Å². The first-order valence-electron chi connectivity index (χ1n) is 5.31. The van der Waals surface area contributed by atoms with Crippen molar-refractivity contribution >= 4 is 22.0 Å². The Morgan fingerprint density at radius 3 is 2.32 bits per heavy atom. The molecule has 1 heterocycles. The zero-order valence-corrected chi connectivity index (χ0v) is 10.5. The smallest absolute Gasteiger partial charge is 0.124 e. The molecule has 0 aliphatic carbocycles. The second kappa shape index (κ2) is 5.59. The lowest BCUT2D eigenvalue weighted by atomic mass is 10.3. The van der Waals surface area contributed by atoms with Gasteiger partial charge in [0.1, 0.15) is 10.1 Å². The first-order valence-corrected chi connectivity index (χ1v) is 6.71. The van der Waals surface area contributed by atoms with E-state index < -0.39 is 10.1 Å². The number of hydrazone groups is 1. The second-order valence-electron chi connectivity index (χ2n) is 3.63. The summed E-state index contributed by atoms with van der Waals surface area (Å²) in [7, 11) is -4.41. The van der Waals surface area contributed by atoms with Crippen molar-refractivity contribution in [3.05, 3.63) is 54.4 Å². The molecule has 0 bridgehead atoms. The lowest BCUT2D eigenvalue weighted by molar-refractivity contribution is 0.463. The molecule has 0 unspecified atom stereocenters. The molecule has 0 fully saturated rings. The molecule has 2 rings (SSSR count). The molecule has 0 saturated carbocycles. The highest BCUT2D eigenvalue weighted by molar-refractivity contribution is 7.85. The molecule has 0 atom stereocenters. The molecule has 0 saturated heterocycles. The maximum Gasteiger partial charge on any atom is 0.124 e. The van der Waals surface area contributed by atoms with Crippen LogP contribution in [0.25, 0.3) is 0 Å². The molecule has 0 aliphatic rings. The van der Waals surface area contributed by atoms with Gasteiger partial charge in [0.15, 0.2) is 0 Å². The summed E-state index contributed by atoms with van der Waals surface area (Å²) in [6.45, 7) is 0. The molecule has 98 valence electrons. The van der Waals surface area contributed by atoms with Gasteiger partial charge in [-0.1, -0.05) is 0 Å². The van der Waals surface area contributed by atoms with E-state index in [0.717, 1.165) is 5.56 Å². The Morgan fingerprint density at radius 1 is 1.11 bits per heavy atom. The predicted octanol–water partition coefficient (Wildman–Crippen LogP) is 1.43. The zero-order chi connectivity index (χ0) is 13.7. The summed E-state index contributed by atoms with van der Waals surface area (Å²) in [6.07, 6.45) is 4.89. The minimum absolute atomic E-state index is 0.267. The van der Waals surface area contributed by atoms with Crippen LogP contribution in [0.1, 0.15) is 5.56 Å². The number of anilines is 1. The van der Waals surface area contributed by atoms with Crippen LogP contribution in [0.5, 0.6) is 0 Å². The minimum atomic E-state index is -4.41. The maximum atomic E-state index is 10.7. The van der Waals surface area contributed by atoms with Crippen LogP contribution in [0.4, 0.5) is 5.69 Å². The lowest BCUT2D eigenvalue weighted by Crippen LogP contribution is -1.98. The number of nitrogens with one attached hydrogen (secondary N) is 1. The fourth-order valence-corrected chi connectivity index (χ4v) is 1.80. The molecule has 6 nitrogen and oxygen atoms in total. The average molecular weight is 276 g/mol. The van der Waals surface area contributed by atoms with E-state index in [1.165, 1.54) is 24.3 Å². The van der Waals surface area contributed by atoms with Gasteiger partial charge in [0.2, 0.25) is 0 Å². The van der Waals surface area contributed by atoms with Crippen LogP contribution < -0.4 is 5.43 Å². The third kappa shape index (κ3) is 3.87. The summed E-state index contributed by atoms with van der Waals surface area (Å²) in [4.78, 5) is 3.61. The Kier molecular flexibility index (Phi) is 3.88. The van der Waals surface area contributed by atoms with E-state index in [0.29, 0.717) is 5.69 Å². The third-order valence-electron chi connectivity index (χ3n) is 2.26. The van der Waals surface area contributed by atoms with Gasteiger partial charge in [-0.15, -0.1) is 0 Å². The van der Waals surface area contributed by atoms with Crippen molar-refractivity contribution in [1.29, 1.82) is 0 Å². The van der Waals surface area contributed by atoms with E-state index in [4.69, 9.17) is 0 Å². The van der Waals surface area contributed by atoms with Crippen molar-refractivity contribution < 1.29 is 13.0 Å². The maximum absolute atomic E-state index is 10.7. The van der Waals surface area contributed by atoms with Gasteiger partial charge in [0, 0.05) is 12.4 Å². The number of nitrogens with zero attached hydrogens (tertiary/aromatic N) is 2. The lowest BCUT2D eigenvalue weighted by Gasteiger charge is -2.07. The monoisotopic (exact) mass is 276 g/mol. The number of benzene rings is 1. The Balaban J connectivity index is 2.03. The fourth-order valence-electron chi connectivity index (χ4n) is 1.33. The molecule has 0 amide bonds. The predicted molar refractivity (Wildman–Crippen MR) is 69.9 cm³/mol.